The van der Waals surface area contributed by atoms with Crippen LogP contribution in [0.2, 0.25) is 5.02 Å². The molecule has 0 heterocycles. The molecule has 0 unspecified atom stereocenters. The molecule has 1 N–H and O–H groups in total. The van der Waals surface area contributed by atoms with Crippen LogP contribution in [0.3, 0.4) is 0 Å². The zero-order valence-corrected chi connectivity index (χ0v) is 15.3. The van der Waals surface area contributed by atoms with Gasteiger partial charge in [0.25, 0.3) is 0 Å². The van der Waals surface area contributed by atoms with Crippen LogP contribution < -0.4 is 10.1 Å². The van der Waals surface area contributed by atoms with Gasteiger partial charge in [0.05, 0.1) is 7.11 Å². The molecule has 0 spiro atoms. The lowest BCUT2D eigenvalue weighted by atomic mass is 9.93. The Morgan fingerprint density at radius 1 is 1.22 bits per heavy atom. The lowest BCUT2D eigenvalue weighted by Gasteiger charge is -2.28. The number of nitrogens with one attached hydrogen (secondary N) is 1. The van der Waals surface area contributed by atoms with Crippen molar-refractivity contribution >= 4 is 23.4 Å². The van der Waals surface area contributed by atoms with Crippen molar-refractivity contribution in [3.8, 4) is 5.75 Å². The van der Waals surface area contributed by atoms with Crippen LogP contribution in [-0.2, 0) is 12.1 Å². The van der Waals surface area contributed by atoms with Gasteiger partial charge in [-0.15, -0.1) is 11.8 Å². The molecule has 2 rings (SSSR count). The molecule has 0 aliphatic heterocycles. The van der Waals surface area contributed by atoms with Crippen molar-refractivity contribution in [2.45, 2.75) is 30.8 Å². The van der Waals surface area contributed by atoms with Crippen LogP contribution in [-0.4, -0.2) is 13.4 Å². The monoisotopic (exact) mass is 353 g/mol. The molecule has 0 radical (unpaired) electrons. The summed E-state index contributed by atoms with van der Waals surface area (Å²) in [5, 5.41) is 3.90. The predicted molar refractivity (Wildman–Crippen MR) is 96.1 cm³/mol. The number of hydrogen-bond donors (Lipinski definition) is 1. The fraction of sp³-hybridized carbons (Fsp3) is 0.333. The van der Waals surface area contributed by atoms with Crippen LogP contribution in [0, 0.1) is 5.82 Å². The van der Waals surface area contributed by atoms with E-state index in [1.54, 1.807) is 24.9 Å². The van der Waals surface area contributed by atoms with Gasteiger partial charge in [0.2, 0.25) is 0 Å². The van der Waals surface area contributed by atoms with Gasteiger partial charge in [0.15, 0.2) is 0 Å². The maximum atomic E-state index is 13.2. The van der Waals surface area contributed by atoms with Gasteiger partial charge >= 0.3 is 0 Å². The predicted octanol–water partition coefficient (Wildman–Crippen LogP) is 5.23. The molecule has 2 nitrogen and oxygen atoms in total. The summed E-state index contributed by atoms with van der Waals surface area (Å²) in [4.78, 5) is 1.11. The van der Waals surface area contributed by atoms with E-state index in [2.05, 4.69) is 17.4 Å². The summed E-state index contributed by atoms with van der Waals surface area (Å²) in [6.45, 7) is 4.71. The smallest absolute Gasteiger partial charge is 0.132 e. The first kappa shape index (κ1) is 18.1. The normalized spacial score (nSPS) is 11.6. The molecule has 0 saturated heterocycles. The fourth-order valence-corrected chi connectivity index (χ4v) is 3.36. The molecule has 0 aliphatic carbocycles. The van der Waals surface area contributed by atoms with Gasteiger partial charge in [-0.05, 0) is 55.5 Å². The van der Waals surface area contributed by atoms with E-state index in [0.29, 0.717) is 11.6 Å². The molecule has 0 saturated carbocycles. The molecule has 0 amide bonds. The summed E-state index contributed by atoms with van der Waals surface area (Å²) in [6.07, 6.45) is 2.02. The molecule has 2 aromatic carbocycles. The first-order chi connectivity index (χ1) is 10.9. The van der Waals surface area contributed by atoms with Crippen molar-refractivity contribution in [3.63, 3.8) is 0 Å². The van der Waals surface area contributed by atoms with Gasteiger partial charge in [-0.2, -0.15) is 0 Å². The first-order valence-corrected chi connectivity index (χ1v) is 8.89. The number of ether oxygens (including phenoxy) is 1. The average Bonchev–Trinajstić information content (AvgIpc) is 2.52. The second-order valence-corrected chi connectivity index (χ2v) is 7.05. The van der Waals surface area contributed by atoms with Crippen molar-refractivity contribution in [2.24, 2.45) is 0 Å². The van der Waals surface area contributed by atoms with E-state index in [0.717, 1.165) is 21.8 Å². The zero-order valence-electron chi connectivity index (χ0n) is 13.7. The second kappa shape index (κ2) is 7.56. The van der Waals surface area contributed by atoms with E-state index in [9.17, 15) is 4.39 Å². The third-order valence-electron chi connectivity index (χ3n) is 3.79. The highest BCUT2D eigenvalue weighted by molar-refractivity contribution is 7.98. The quantitative estimate of drug-likeness (QED) is 0.718. The third kappa shape index (κ3) is 4.40. The van der Waals surface area contributed by atoms with Crippen LogP contribution in [0.15, 0.2) is 41.3 Å². The van der Waals surface area contributed by atoms with E-state index in [1.165, 1.54) is 12.1 Å². The van der Waals surface area contributed by atoms with Crippen LogP contribution in [0.1, 0.15) is 25.0 Å². The molecular weight excluding hydrogens is 333 g/mol. The van der Waals surface area contributed by atoms with Crippen LogP contribution in [0.5, 0.6) is 5.75 Å². The van der Waals surface area contributed by atoms with E-state index < -0.39 is 0 Å². The Kier molecular flexibility index (Phi) is 5.95. The standard InChI is InChI=1S/C18H21ClFNOS/c1-18(2,14-7-6-13(20)10-15(14)19)21-11-12-5-8-17(23-4)16(9-12)22-3/h5-10,21H,11H2,1-4H3. The summed E-state index contributed by atoms with van der Waals surface area (Å²) in [6, 6.07) is 10.7. The molecule has 0 fully saturated rings. The zero-order chi connectivity index (χ0) is 17.0. The van der Waals surface area contributed by atoms with Gasteiger partial charge in [-0.25, -0.2) is 4.39 Å². The van der Waals surface area contributed by atoms with Crippen LogP contribution >= 0.6 is 23.4 Å². The SMILES string of the molecule is COc1cc(CNC(C)(C)c2ccc(F)cc2Cl)ccc1SC. The summed E-state index contributed by atoms with van der Waals surface area (Å²) in [5.41, 5.74) is 1.61. The fourth-order valence-electron chi connectivity index (χ4n) is 2.41. The van der Waals surface area contributed by atoms with E-state index in [1.807, 2.05) is 26.2 Å². The minimum Gasteiger partial charge on any atom is -0.496 e. The van der Waals surface area contributed by atoms with Gasteiger partial charge in [-0.3, -0.25) is 0 Å². The van der Waals surface area contributed by atoms with E-state index in [4.69, 9.17) is 16.3 Å². The Labute approximate surface area is 146 Å². The Morgan fingerprint density at radius 2 is 1.96 bits per heavy atom. The van der Waals surface area contributed by atoms with Crippen LogP contribution in [0.25, 0.3) is 0 Å². The van der Waals surface area contributed by atoms with Crippen LogP contribution in [0.4, 0.5) is 4.39 Å². The van der Waals surface area contributed by atoms with Crippen molar-refractivity contribution in [1.82, 2.24) is 5.32 Å². The minimum absolute atomic E-state index is 0.327. The van der Waals surface area contributed by atoms with E-state index in [-0.39, 0.29) is 11.4 Å². The highest BCUT2D eigenvalue weighted by Crippen LogP contribution is 2.30. The van der Waals surface area contributed by atoms with Crippen molar-refractivity contribution in [1.29, 1.82) is 0 Å². The number of rotatable bonds is 6. The molecule has 124 valence electrons. The van der Waals surface area contributed by atoms with Gasteiger partial charge in [0, 0.05) is 22.0 Å². The third-order valence-corrected chi connectivity index (χ3v) is 4.88. The van der Waals surface area contributed by atoms with Gasteiger partial charge in [0.1, 0.15) is 11.6 Å². The van der Waals surface area contributed by atoms with Gasteiger partial charge < -0.3 is 10.1 Å². The van der Waals surface area contributed by atoms with E-state index >= 15 is 0 Å². The van der Waals surface area contributed by atoms with Crippen molar-refractivity contribution in [3.05, 3.63) is 58.4 Å². The largest absolute Gasteiger partial charge is 0.496 e. The molecule has 2 aromatic rings. The number of methoxy groups -OCH3 is 1. The summed E-state index contributed by atoms with van der Waals surface area (Å²) < 4.78 is 18.6. The molecule has 5 heteroatoms. The summed E-state index contributed by atoms with van der Waals surface area (Å²) >= 11 is 7.83. The maximum Gasteiger partial charge on any atom is 0.132 e. The van der Waals surface area contributed by atoms with Gasteiger partial charge in [-0.1, -0.05) is 23.7 Å². The molecule has 23 heavy (non-hydrogen) atoms. The lowest BCUT2D eigenvalue weighted by Crippen LogP contribution is -2.36. The number of thioether (sulfide) groups is 1. The minimum atomic E-state index is -0.379. The lowest BCUT2D eigenvalue weighted by molar-refractivity contribution is 0.393. The molecule has 0 atom stereocenters. The van der Waals surface area contributed by atoms with Crippen molar-refractivity contribution in [2.75, 3.05) is 13.4 Å². The Hall–Kier alpha value is -1.23. The molecule has 0 aliphatic rings. The molecular formula is C18H21ClFNOS. The average molecular weight is 354 g/mol. The number of halogens is 2. The summed E-state index contributed by atoms with van der Waals surface area (Å²) in [5.74, 6) is 0.543. The second-order valence-electron chi connectivity index (χ2n) is 5.79. The highest BCUT2D eigenvalue weighted by atomic mass is 35.5. The Morgan fingerprint density at radius 3 is 2.57 bits per heavy atom. The number of hydrogen-bond acceptors (Lipinski definition) is 3. The topological polar surface area (TPSA) is 21.3 Å². The molecule has 0 bridgehead atoms. The maximum absolute atomic E-state index is 13.2. The molecule has 0 aromatic heterocycles. The van der Waals surface area contributed by atoms with Crippen molar-refractivity contribution < 1.29 is 9.13 Å². The Bertz CT molecular complexity index is 691. The number of benzene rings is 2. The Balaban J connectivity index is 2.15. The highest BCUT2D eigenvalue weighted by Gasteiger charge is 2.23. The summed E-state index contributed by atoms with van der Waals surface area (Å²) in [7, 11) is 1.68. The first-order valence-electron chi connectivity index (χ1n) is 7.29.